The maximum atomic E-state index is 14.7. The van der Waals surface area contributed by atoms with Crippen molar-refractivity contribution in [3.63, 3.8) is 0 Å². The van der Waals surface area contributed by atoms with E-state index in [2.05, 4.69) is 15.3 Å². The number of thiophene rings is 1. The minimum atomic E-state index is -3.46. The van der Waals surface area contributed by atoms with E-state index in [-0.39, 0.29) is 42.6 Å². The molecular weight excluding hydrogens is 460 g/mol. The molecule has 8 nitrogen and oxygen atoms in total. The minimum absolute atomic E-state index is 0.0526. The van der Waals surface area contributed by atoms with Crippen molar-refractivity contribution in [1.82, 2.24) is 19.2 Å². The third-order valence-corrected chi connectivity index (χ3v) is 9.46. The third kappa shape index (κ3) is 3.22. The predicted octanol–water partition coefficient (Wildman–Crippen LogP) is 2.51. The van der Waals surface area contributed by atoms with Crippen LogP contribution in [0.1, 0.15) is 40.1 Å². The topological polar surface area (TPSA) is 95.5 Å². The molecule has 0 radical (unpaired) electrons. The molecule has 1 spiro atoms. The van der Waals surface area contributed by atoms with Crippen molar-refractivity contribution < 1.29 is 22.0 Å². The SMILES string of the molecule is Cc1c(-c2nc(N[C@H]3CCN(S(C)(=O)=O)C[C@@H]3F)ncc2F)sc2c1C(=O)N(C)C21CC1. The van der Waals surface area contributed by atoms with Crippen LogP contribution in [0.15, 0.2) is 6.20 Å². The third-order valence-electron chi connectivity index (χ3n) is 6.70. The van der Waals surface area contributed by atoms with Gasteiger partial charge in [-0.05, 0) is 31.7 Å². The number of sulfonamides is 1. The summed E-state index contributed by atoms with van der Waals surface area (Å²) in [5.74, 6) is -0.601. The van der Waals surface area contributed by atoms with Gasteiger partial charge < -0.3 is 10.2 Å². The molecule has 1 aliphatic carbocycles. The van der Waals surface area contributed by atoms with E-state index >= 15 is 0 Å². The molecule has 12 heteroatoms. The van der Waals surface area contributed by atoms with Gasteiger partial charge in [-0.2, -0.15) is 4.31 Å². The van der Waals surface area contributed by atoms with Gasteiger partial charge in [-0.15, -0.1) is 11.3 Å². The number of fused-ring (bicyclic) bond motifs is 2. The van der Waals surface area contributed by atoms with Crippen molar-refractivity contribution in [2.24, 2.45) is 0 Å². The van der Waals surface area contributed by atoms with Crippen molar-refractivity contribution in [2.45, 2.75) is 43.9 Å². The van der Waals surface area contributed by atoms with Gasteiger partial charge in [-0.25, -0.2) is 27.2 Å². The number of rotatable bonds is 4. The zero-order chi connectivity index (χ0) is 23.0. The number of alkyl halides is 1. The summed E-state index contributed by atoms with van der Waals surface area (Å²) in [6.45, 7) is 1.73. The number of nitrogens with zero attached hydrogens (tertiary/aromatic N) is 4. The summed E-state index contributed by atoms with van der Waals surface area (Å²) >= 11 is 1.38. The lowest BCUT2D eigenvalue weighted by atomic mass is 10.1. The molecule has 1 saturated heterocycles. The molecule has 172 valence electrons. The molecule has 2 aromatic rings. The van der Waals surface area contributed by atoms with Gasteiger partial charge >= 0.3 is 0 Å². The fraction of sp³-hybridized carbons (Fsp3) is 0.550. The number of hydrogen-bond donors (Lipinski definition) is 1. The number of piperidine rings is 1. The molecule has 2 aromatic heterocycles. The summed E-state index contributed by atoms with van der Waals surface area (Å²) in [4.78, 5) is 24.4. The van der Waals surface area contributed by atoms with E-state index in [1.165, 1.54) is 11.3 Å². The Morgan fingerprint density at radius 3 is 2.69 bits per heavy atom. The molecule has 2 atom stereocenters. The van der Waals surface area contributed by atoms with Crippen LogP contribution in [-0.2, 0) is 15.6 Å². The van der Waals surface area contributed by atoms with Crippen LogP contribution in [0.5, 0.6) is 0 Å². The summed E-state index contributed by atoms with van der Waals surface area (Å²) in [6.07, 6.45) is 2.66. The largest absolute Gasteiger partial charge is 0.348 e. The van der Waals surface area contributed by atoms with E-state index in [1.807, 2.05) is 0 Å². The van der Waals surface area contributed by atoms with Gasteiger partial charge in [0.05, 0.1) is 34.5 Å². The minimum Gasteiger partial charge on any atom is -0.348 e. The Bertz CT molecular complexity index is 1230. The number of carbonyl (C=O) groups excluding carboxylic acids is 1. The van der Waals surface area contributed by atoms with Gasteiger partial charge in [-0.3, -0.25) is 4.79 Å². The Hall–Kier alpha value is -2.18. The summed E-state index contributed by atoms with van der Waals surface area (Å²) in [5.41, 5.74) is 1.14. The first-order valence-corrected chi connectivity index (χ1v) is 13.0. The van der Waals surface area contributed by atoms with Gasteiger partial charge in [0.1, 0.15) is 11.9 Å². The Balaban J connectivity index is 1.43. The quantitative estimate of drug-likeness (QED) is 0.718. The van der Waals surface area contributed by atoms with Gasteiger partial charge in [0.25, 0.3) is 5.91 Å². The summed E-state index contributed by atoms with van der Waals surface area (Å²) in [7, 11) is -1.66. The average Bonchev–Trinajstić information content (AvgIpc) is 3.42. The fourth-order valence-electron chi connectivity index (χ4n) is 4.62. The molecule has 2 fully saturated rings. The maximum Gasteiger partial charge on any atom is 0.255 e. The molecule has 32 heavy (non-hydrogen) atoms. The van der Waals surface area contributed by atoms with Gasteiger partial charge in [-0.1, -0.05) is 0 Å². The van der Waals surface area contributed by atoms with Crippen LogP contribution in [0.25, 0.3) is 10.6 Å². The standard InChI is InChI=1S/C20H23F2N5O3S2/c1-10-14-17(20(5-6-20)26(2)18(14)28)31-16(10)15-11(21)8-23-19(25-15)24-13-4-7-27(9-12(13)22)32(3,29)30/h8,12-13H,4-7,9H2,1-3H3,(H,23,24,25)/t12-,13-/m0/s1. The van der Waals surface area contributed by atoms with Crippen molar-refractivity contribution in [3.8, 4) is 10.6 Å². The van der Waals surface area contributed by atoms with Gasteiger partial charge in [0.15, 0.2) is 5.82 Å². The van der Waals surface area contributed by atoms with Crippen LogP contribution in [0.4, 0.5) is 14.7 Å². The van der Waals surface area contributed by atoms with Crippen molar-refractivity contribution >= 4 is 33.2 Å². The van der Waals surface area contributed by atoms with Crippen LogP contribution in [-0.4, -0.2) is 72.1 Å². The highest BCUT2D eigenvalue weighted by molar-refractivity contribution is 7.88. The molecule has 0 unspecified atom stereocenters. The van der Waals surface area contributed by atoms with Crippen LogP contribution in [0.2, 0.25) is 0 Å². The van der Waals surface area contributed by atoms with Crippen LogP contribution < -0.4 is 5.32 Å². The van der Waals surface area contributed by atoms with Crippen LogP contribution >= 0.6 is 11.3 Å². The van der Waals surface area contributed by atoms with E-state index in [0.717, 1.165) is 34.5 Å². The Kier molecular flexibility index (Phi) is 4.84. The number of hydrogen-bond acceptors (Lipinski definition) is 7. The van der Waals surface area contributed by atoms with Gasteiger partial charge in [0, 0.05) is 25.0 Å². The van der Waals surface area contributed by atoms with Crippen LogP contribution in [0.3, 0.4) is 0 Å². The monoisotopic (exact) mass is 483 g/mol. The number of aromatic nitrogens is 2. The summed E-state index contributed by atoms with van der Waals surface area (Å²) < 4.78 is 53.8. The highest BCUT2D eigenvalue weighted by Gasteiger charge is 2.58. The molecule has 3 aliphatic rings. The first-order chi connectivity index (χ1) is 15.0. The number of amides is 1. The van der Waals surface area contributed by atoms with Gasteiger partial charge in [0.2, 0.25) is 16.0 Å². The molecule has 1 saturated carbocycles. The molecule has 1 N–H and O–H groups in total. The Labute approximate surface area is 188 Å². The second-order valence-corrected chi connectivity index (χ2v) is 11.7. The fourth-order valence-corrected chi connectivity index (χ4v) is 7.05. The number of carbonyl (C=O) groups is 1. The summed E-state index contributed by atoms with van der Waals surface area (Å²) in [5, 5.41) is 2.90. The maximum absolute atomic E-state index is 14.7. The summed E-state index contributed by atoms with van der Waals surface area (Å²) in [6, 6.07) is -0.689. The first kappa shape index (κ1) is 21.7. The lowest BCUT2D eigenvalue weighted by Crippen LogP contribution is -2.49. The van der Waals surface area contributed by atoms with E-state index in [9.17, 15) is 22.0 Å². The van der Waals surface area contributed by atoms with E-state index < -0.39 is 28.1 Å². The molecule has 5 rings (SSSR count). The normalized spacial score (nSPS) is 24.8. The molecule has 0 bridgehead atoms. The highest BCUT2D eigenvalue weighted by atomic mass is 32.2. The molecule has 2 aliphatic heterocycles. The Morgan fingerprint density at radius 1 is 1.34 bits per heavy atom. The number of anilines is 1. The van der Waals surface area contributed by atoms with Crippen molar-refractivity contribution in [3.05, 3.63) is 28.0 Å². The number of halogens is 2. The van der Waals surface area contributed by atoms with E-state index in [1.54, 1.807) is 18.9 Å². The smallest absolute Gasteiger partial charge is 0.255 e. The predicted molar refractivity (Wildman–Crippen MR) is 116 cm³/mol. The highest BCUT2D eigenvalue weighted by Crippen LogP contribution is 2.60. The second-order valence-electron chi connectivity index (χ2n) is 8.72. The lowest BCUT2D eigenvalue weighted by Gasteiger charge is -2.33. The zero-order valence-corrected chi connectivity index (χ0v) is 19.5. The molecule has 0 aromatic carbocycles. The van der Waals surface area contributed by atoms with E-state index in [4.69, 9.17) is 0 Å². The molecule has 4 heterocycles. The molecule has 1 amide bonds. The van der Waals surface area contributed by atoms with Crippen molar-refractivity contribution in [1.29, 1.82) is 0 Å². The van der Waals surface area contributed by atoms with Crippen LogP contribution in [0, 0.1) is 12.7 Å². The first-order valence-electron chi connectivity index (χ1n) is 10.3. The average molecular weight is 484 g/mol. The van der Waals surface area contributed by atoms with E-state index in [0.29, 0.717) is 16.0 Å². The zero-order valence-electron chi connectivity index (χ0n) is 17.9. The van der Waals surface area contributed by atoms with Crippen molar-refractivity contribution in [2.75, 3.05) is 31.7 Å². The molecular formula is C20H23F2N5O3S2. The second kappa shape index (κ2) is 7.16. The lowest BCUT2D eigenvalue weighted by molar-refractivity contribution is 0.0755. The number of nitrogens with one attached hydrogen (secondary N) is 1. The Morgan fingerprint density at radius 2 is 2.06 bits per heavy atom.